The summed E-state index contributed by atoms with van der Waals surface area (Å²) >= 11 is 0. The van der Waals surface area contributed by atoms with Crippen LogP contribution in [0.1, 0.15) is 26.3 Å². The molecule has 0 saturated heterocycles. The number of nitrogens with zero attached hydrogens (tertiary/aromatic N) is 2. The Morgan fingerprint density at radius 2 is 1.07 bits per heavy atom. The summed E-state index contributed by atoms with van der Waals surface area (Å²) < 4.78 is 0. The van der Waals surface area contributed by atoms with E-state index >= 15 is 0 Å². The van der Waals surface area contributed by atoms with Crippen molar-refractivity contribution in [3.63, 3.8) is 0 Å². The van der Waals surface area contributed by atoms with Crippen molar-refractivity contribution in [3.05, 3.63) is 92.5 Å². The zero-order chi connectivity index (χ0) is 20.5. The predicted octanol–water partition coefficient (Wildman–Crippen LogP) is 6.13. The van der Waals surface area contributed by atoms with E-state index in [1.54, 1.807) is 24.3 Å². The molecule has 0 N–H and O–H groups in total. The molecular formula is C22H20N2O4. The van der Waals surface area contributed by atoms with Gasteiger partial charge >= 0.3 is 0 Å². The molecule has 3 aromatic carbocycles. The van der Waals surface area contributed by atoms with Gasteiger partial charge in [-0.25, -0.2) is 0 Å². The van der Waals surface area contributed by atoms with Crippen molar-refractivity contribution in [1.29, 1.82) is 0 Å². The molecule has 0 aromatic heterocycles. The Balaban J connectivity index is 2.21. The van der Waals surface area contributed by atoms with Gasteiger partial charge in [0, 0.05) is 24.3 Å². The molecule has 0 amide bonds. The first-order chi connectivity index (χ1) is 13.1. The van der Waals surface area contributed by atoms with Crippen molar-refractivity contribution in [2.75, 3.05) is 0 Å². The van der Waals surface area contributed by atoms with E-state index in [9.17, 15) is 20.2 Å². The quantitative estimate of drug-likeness (QED) is 0.404. The molecule has 0 atom stereocenters. The molecule has 3 rings (SSSR count). The molecule has 0 bridgehead atoms. The molecule has 0 spiro atoms. The van der Waals surface area contributed by atoms with Crippen molar-refractivity contribution in [2.24, 2.45) is 0 Å². The van der Waals surface area contributed by atoms with E-state index in [1.165, 1.54) is 12.1 Å². The Hall–Kier alpha value is -3.54. The smallest absolute Gasteiger partial charge is 0.258 e. The second-order valence-electron chi connectivity index (χ2n) is 7.66. The van der Waals surface area contributed by atoms with Crippen LogP contribution in [0.3, 0.4) is 0 Å². The van der Waals surface area contributed by atoms with Gasteiger partial charge in [-0.1, -0.05) is 57.2 Å². The van der Waals surface area contributed by atoms with Gasteiger partial charge in [0.25, 0.3) is 11.4 Å². The SMILES string of the molecule is CC(C)(C)c1cc(-c2cccc([N+](=O)[O-])c2)cc(-c2cccc([N+](=O)[O-])c2)c1. The molecule has 0 aliphatic carbocycles. The van der Waals surface area contributed by atoms with E-state index < -0.39 is 9.85 Å². The maximum absolute atomic E-state index is 11.1. The Morgan fingerprint density at radius 1 is 0.643 bits per heavy atom. The van der Waals surface area contributed by atoms with Crippen LogP contribution < -0.4 is 0 Å². The number of non-ortho nitro benzene ring substituents is 2. The summed E-state index contributed by atoms with van der Waals surface area (Å²) in [5, 5.41) is 22.3. The summed E-state index contributed by atoms with van der Waals surface area (Å²) in [6, 6.07) is 18.9. The minimum atomic E-state index is -0.418. The highest BCUT2D eigenvalue weighted by atomic mass is 16.6. The average Bonchev–Trinajstić information content (AvgIpc) is 2.67. The molecule has 0 radical (unpaired) electrons. The zero-order valence-corrected chi connectivity index (χ0v) is 15.9. The van der Waals surface area contributed by atoms with Crippen LogP contribution in [0.15, 0.2) is 66.7 Å². The Bertz CT molecular complexity index is 992. The van der Waals surface area contributed by atoms with Gasteiger partial charge in [-0.15, -0.1) is 0 Å². The van der Waals surface area contributed by atoms with Crippen molar-refractivity contribution in [3.8, 4) is 22.3 Å². The lowest BCUT2D eigenvalue weighted by molar-refractivity contribution is -0.385. The van der Waals surface area contributed by atoms with Crippen molar-refractivity contribution in [2.45, 2.75) is 26.2 Å². The van der Waals surface area contributed by atoms with Crippen molar-refractivity contribution in [1.82, 2.24) is 0 Å². The fourth-order valence-corrected chi connectivity index (χ4v) is 2.99. The molecule has 0 aliphatic rings. The maximum atomic E-state index is 11.1. The van der Waals surface area contributed by atoms with Crippen LogP contribution in [0, 0.1) is 20.2 Å². The lowest BCUT2D eigenvalue weighted by Crippen LogP contribution is -2.11. The molecule has 142 valence electrons. The van der Waals surface area contributed by atoms with Crippen LogP contribution in [0.4, 0.5) is 11.4 Å². The normalized spacial score (nSPS) is 11.2. The summed E-state index contributed by atoms with van der Waals surface area (Å²) in [6.07, 6.45) is 0. The Labute approximate surface area is 162 Å². The molecular weight excluding hydrogens is 356 g/mol. The van der Waals surface area contributed by atoms with Crippen LogP contribution in [0.25, 0.3) is 22.3 Å². The molecule has 0 unspecified atom stereocenters. The third-order valence-electron chi connectivity index (χ3n) is 4.58. The fraction of sp³-hybridized carbons (Fsp3) is 0.182. The van der Waals surface area contributed by atoms with Crippen LogP contribution >= 0.6 is 0 Å². The van der Waals surface area contributed by atoms with Crippen LogP contribution in [-0.4, -0.2) is 9.85 Å². The Morgan fingerprint density at radius 3 is 1.43 bits per heavy atom. The third-order valence-corrected chi connectivity index (χ3v) is 4.58. The van der Waals surface area contributed by atoms with E-state index in [4.69, 9.17) is 0 Å². The molecule has 0 heterocycles. The van der Waals surface area contributed by atoms with E-state index in [0.29, 0.717) is 0 Å². The van der Waals surface area contributed by atoms with Gasteiger partial charge in [-0.3, -0.25) is 20.2 Å². The molecule has 6 nitrogen and oxygen atoms in total. The second-order valence-corrected chi connectivity index (χ2v) is 7.66. The first kappa shape index (κ1) is 19.2. The summed E-state index contributed by atoms with van der Waals surface area (Å²) in [7, 11) is 0. The van der Waals surface area contributed by atoms with Gasteiger partial charge in [-0.2, -0.15) is 0 Å². The van der Waals surface area contributed by atoms with Crippen LogP contribution in [-0.2, 0) is 5.41 Å². The number of nitro benzene ring substituents is 2. The molecule has 6 heteroatoms. The monoisotopic (exact) mass is 376 g/mol. The fourth-order valence-electron chi connectivity index (χ4n) is 2.99. The molecule has 0 saturated carbocycles. The first-order valence-corrected chi connectivity index (χ1v) is 8.80. The zero-order valence-electron chi connectivity index (χ0n) is 15.9. The van der Waals surface area contributed by atoms with Gasteiger partial charge in [0.2, 0.25) is 0 Å². The van der Waals surface area contributed by atoms with E-state index in [2.05, 4.69) is 20.8 Å². The summed E-state index contributed by atoms with van der Waals surface area (Å²) in [6.45, 7) is 6.24. The van der Waals surface area contributed by atoms with Gasteiger partial charge in [0.1, 0.15) is 0 Å². The Kier molecular flexibility index (Phi) is 4.96. The van der Waals surface area contributed by atoms with Gasteiger partial charge in [0.05, 0.1) is 9.85 Å². The molecule has 0 aliphatic heterocycles. The van der Waals surface area contributed by atoms with E-state index in [1.807, 2.05) is 30.3 Å². The molecule has 3 aromatic rings. The topological polar surface area (TPSA) is 86.3 Å². The summed E-state index contributed by atoms with van der Waals surface area (Å²) in [5.74, 6) is 0. The van der Waals surface area contributed by atoms with Gasteiger partial charge in [0.15, 0.2) is 0 Å². The number of hydrogen-bond acceptors (Lipinski definition) is 4. The first-order valence-electron chi connectivity index (χ1n) is 8.80. The van der Waals surface area contributed by atoms with Crippen LogP contribution in [0.2, 0.25) is 0 Å². The number of benzene rings is 3. The highest BCUT2D eigenvalue weighted by Crippen LogP contribution is 2.35. The maximum Gasteiger partial charge on any atom is 0.270 e. The lowest BCUT2D eigenvalue weighted by Gasteiger charge is -2.21. The highest BCUT2D eigenvalue weighted by molar-refractivity contribution is 5.76. The minimum Gasteiger partial charge on any atom is -0.258 e. The number of nitro groups is 2. The third kappa shape index (κ3) is 4.06. The molecule has 0 fully saturated rings. The van der Waals surface area contributed by atoms with Gasteiger partial charge in [-0.05, 0) is 39.3 Å². The summed E-state index contributed by atoms with van der Waals surface area (Å²) in [5.41, 5.74) is 4.05. The lowest BCUT2D eigenvalue weighted by atomic mass is 9.83. The molecule has 28 heavy (non-hydrogen) atoms. The second kappa shape index (κ2) is 7.23. The largest absolute Gasteiger partial charge is 0.270 e. The minimum absolute atomic E-state index is 0.0237. The van der Waals surface area contributed by atoms with Crippen LogP contribution in [0.5, 0.6) is 0 Å². The van der Waals surface area contributed by atoms with E-state index in [-0.39, 0.29) is 16.8 Å². The highest BCUT2D eigenvalue weighted by Gasteiger charge is 2.18. The number of rotatable bonds is 4. The number of hydrogen-bond donors (Lipinski definition) is 0. The standard InChI is InChI=1S/C22H20N2O4/c1-22(2,3)19-11-17(15-6-4-8-20(13-15)23(25)26)10-18(12-19)16-7-5-9-21(14-16)24(27)28/h4-14H,1-3H3. The van der Waals surface area contributed by atoms with Crippen molar-refractivity contribution < 1.29 is 9.85 Å². The predicted molar refractivity (Wildman–Crippen MR) is 109 cm³/mol. The average molecular weight is 376 g/mol. The summed E-state index contributed by atoms with van der Waals surface area (Å²) in [4.78, 5) is 21.4. The van der Waals surface area contributed by atoms with Gasteiger partial charge < -0.3 is 0 Å². The van der Waals surface area contributed by atoms with E-state index in [0.717, 1.165) is 27.8 Å². The van der Waals surface area contributed by atoms with Crippen molar-refractivity contribution >= 4 is 11.4 Å².